The molecule has 2 aromatic rings. The molecule has 0 saturated carbocycles. The van der Waals surface area contributed by atoms with Crippen molar-refractivity contribution in [3.63, 3.8) is 0 Å². The van der Waals surface area contributed by atoms with Crippen LogP contribution in [0.3, 0.4) is 0 Å². The van der Waals surface area contributed by atoms with Gasteiger partial charge in [0.25, 0.3) is 0 Å². The van der Waals surface area contributed by atoms with Gasteiger partial charge in [-0.1, -0.05) is 6.07 Å². The van der Waals surface area contributed by atoms with E-state index in [-0.39, 0.29) is 10.2 Å². The largest absolute Gasteiger partial charge is 0.433 e. The van der Waals surface area contributed by atoms with E-state index in [2.05, 4.69) is 17.7 Å². The summed E-state index contributed by atoms with van der Waals surface area (Å²) < 4.78 is 79.2. The molecule has 0 N–H and O–H groups in total. The van der Waals surface area contributed by atoms with Crippen LogP contribution in [-0.2, 0) is 19.4 Å². The van der Waals surface area contributed by atoms with Crippen LogP contribution in [0.15, 0.2) is 17.0 Å². The number of rotatable bonds is 1. The van der Waals surface area contributed by atoms with Gasteiger partial charge in [0.15, 0.2) is 5.69 Å². The zero-order valence-corrected chi connectivity index (χ0v) is 13.2. The molecule has 2 nitrogen and oxygen atoms in total. The van der Waals surface area contributed by atoms with E-state index < -0.39 is 29.3 Å². The zero-order chi connectivity index (χ0) is 17.7. The average molecular weight is 354 g/mol. The number of halogens is 6. The molecule has 0 saturated heterocycles. The van der Waals surface area contributed by atoms with E-state index in [1.54, 1.807) is 13.0 Å². The van der Waals surface area contributed by atoms with E-state index in [4.69, 9.17) is 0 Å². The van der Waals surface area contributed by atoms with Gasteiger partial charge < -0.3 is 0 Å². The van der Waals surface area contributed by atoms with Crippen LogP contribution < -0.4 is 0 Å². The Labute approximate surface area is 133 Å². The number of aryl methyl sites for hydroxylation is 3. The molecule has 1 aromatic carbocycles. The number of hydrogen-bond donors (Lipinski definition) is 1. The minimum absolute atomic E-state index is 0.0287. The highest BCUT2D eigenvalue weighted by atomic mass is 32.1. The van der Waals surface area contributed by atoms with Gasteiger partial charge in [-0.05, 0) is 31.0 Å². The molecule has 2 rings (SSSR count). The van der Waals surface area contributed by atoms with E-state index in [1.807, 2.05) is 0 Å². The molecular formula is C14H12F6N2S. The van der Waals surface area contributed by atoms with Gasteiger partial charge in [0, 0.05) is 17.5 Å². The Balaban J connectivity index is 2.87. The highest BCUT2D eigenvalue weighted by Gasteiger charge is 2.49. The molecule has 1 aromatic heterocycles. The summed E-state index contributed by atoms with van der Waals surface area (Å²) in [5.74, 6) is 0. The summed E-state index contributed by atoms with van der Waals surface area (Å²) in [6.45, 7) is 3.21. The fourth-order valence-corrected chi connectivity index (χ4v) is 2.60. The molecule has 0 aliphatic carbocycles. The van der Waals surface area contributed by atoms with Crippen LogP contribution in [-0.4, -0.2) is 9.78 Å². The third-order valence-electron chi connectivity index (χ3n) is 3.40. The number of alkyl halides is 6. The first-order chi connectivity index (χ1) is 10.3. The topological polar surface area (TPSA) is 17.8 Å². The van der Waals surface area contributed by atoms with Gasteiger partial charge in [0.05, 0.1) is 0 Å². The van der Waals surface area contributed by atoms with Crippen molar-refractivity contribution in [3.05, 3.63) is 34.5 Å². The van der Waals surface area contributed by atoms with Crippen LogP contribution in [0.25, 0.3) is 11.3 Å². The second-order valence-electron chi connectivity index (χ2n) is 5.14. The summed E-state index contributed by atoms with van der Waals surface area (Å²) >= 11 is 4.12. The molecule has 0 radical (unpaired) electrons. The number of aromatic nitrogens is 2. The van der Waals surface area contributed by atoms with Crippen molar-refractivity contribution >= 4 is 12.6 Å². The quantitative estimate of drug-likeness (QED) is 0.562. The molecule has 0 fully saturated rings. The van der Waals surface area contributed by atoms with Crippen LogP contribution >= 0.6 is 12.6 Å². The van der Waals surface area contributed by atoms with Gasteiger partial charge in [-0.3, -0.25) is 4.68 Å². The number of thiol groups is 1. The third-order valence-corrected chi connectivity index (χ3v) is 3.88. The summed E-state index contributed by atoms with van der Waals surface area (Å²) in [5.41, 5.74) is -3.29. The van der Waals surface area contributed by atoms with E-state index in [0.29, 0.717) is 16.0 Å². The maximum Gasteiger partial charge on any atom is 0.433 e. The summed E-state index contributed by atoms with van der Waals surface area (Å²) in [6, 6.07) is 2.85. The second kappa shape index (κ2) is 5.47. The first kappa shape index (κ1) is 17.7. The minimum Gasteiger partial charge on any atom is -0.262 e. The number of hydrogen-bond acceptors (Lipinski definition) is 2. The molecule has 0 bridgehead atoms. The fraction of sp³-hybridized carbons (Fsp3) is 0.357. The Morgan fingerprint density at radius 1 is 0.957 bits per heavy atom. The standard InChI is InChI=1S/C14H12F6N2S/c1-6-4-7(2)9(23)5-8(6)11-10(13(15,16)17)12(14(18,19)20)22(3)21-11/h4-5,23H,1-3H3. The number of nitrogens with zero attached hydrogens (tertiary/aromatic N) is 2. The van der Waals surface area contributed by atoms with Crippen molar-refractivity contribution in [2.75, 3.05) is 0 Å². The van der Waals surface area contributed by atoms with Crippen LogP contribution in [0.4, 0.5) is 26.3 Å². The Bertz CT molecular complexity index is 758. The smallest absolute Gasteiger partial charge is 0.262 e. The Kier molecular flexibility index (Phi) is 4.21. The molecule has 0 spiro atoms. The summed E-state index contributed by atoms with van der Waals surface area (Å²) in [7, 11) is 0.840. The molecule has 0 amide bonds. The lowest BCUT2D eigenvalue weighted by Crippen LogP contribution is -2.19. The molecule has 1 heterocycles. The van der Waals surface area contributed by atoms with Crippen molar-refractivity contribution in [3.8, 4) is 11.3 Å². The molecule has 0 aliphatic heterocycles. The fourth-order valence-electron chi connectivity index (χ4n) is 2.40. The summed E-state index contributed by atoms with van der Waals surface area (Å²) in [4.78, 5) is 0.373. The first-order valence-electron chi connectivity index (χ1n) is 6.36. The summed E-state index contributed by atoms with van der Waals surface area (Å²) in [5, 5.41) is 3.49. The van der Waals surface area contributed by atoms with Gasteiger partial charge in [0.2, 0.25) is 0 Å². The van der Waals surface area contributed by atoms with E-state index in [1.165, 1.54) is 13.0 Å². The molecular weight excluding hydrogens is 342 g/mol. The van der Waals surface area contributed by atoms with Crippen molar-refractivity contribution in [1.82, 2.24) is 9.78 Å². The lowest BCUT2D eigenvalue weighted by molar-refractivity contribution is -0.165. The van der Waals surface area contributed by atoms with Gasteiger partial charge >= 0.3 is 12.4 Å². The first-order valence-corrected chi connectivity index (χ1v) is 6.80. The van der Waals surface area contributed by atoms with Crippen LogP contribution in [0.5, 0.6) is 0 Å². The number of benzene rings is 1. The van der Waals surface area contributed by atoms with Crippen LogP contribution in [0, 0.1) is 13.8 Å². The van der Waals surface area contributed by atoms with Gasteiger partial charge in [-0.2, -0.15) is 31.4 Å². The van der Waals surface area contributed by atoms with E-state index in [0.717, 1.165) is 7.05 Å². The molecule has 9 heteroatoms. The molecule has 126 valence electrons. The predicted octanol–water partition coefficient (Wildman–Crippen LogP) is 5.03. The van der Waals surface area contributed by atoms with Crippen molar-refractivity contribution in [2.45, 2.75) is 31.1 Å². The normalized spacial score (nSPS) is 12.8. The minimum atomic E-state index is -5.19. The highest BCUT2D eigenvalue weighted by molar-refractivity contribution is 7.80. The monoisotopic (exact) mass is 354 g/mol. The Morgan fingerprint density at radius 3 is 2.00 bits per heavy atom. The lowest BCUT2D eigenvalue weighted by atomic mass is 9.99. The van der Waals surface area contributed by atoms with Gasteiger partial charge in [-0.15, -0.1) is 12.6 Å². The van der Waals surface area contributed by atoms with Gasteiger partial charge in [0.1, 0.15) is 11.3 Å². The van der Waals surface area contributed by atoms with E-state index in [9.17, 15) is 26.3 Å². The Morgan fingerprint density at radius 2 is 1.52 bits per heavy atom. The summed E-state index contributed by atoms with van der Waals surface area (Å²) in [6.07, 6.45) is -10.4. The van der Waals surface area contributed by atoms with Crippen molar-refractivity contribution < 1.29 is 26.3 Å². The van der Waals surface area contributed by atoms with Gasteiger partial charge in [-0.25, -0.2) is 0 Å². The second-order valence-corrected chi connectivity index (χ2v) is 5.63. The lowest BCUT2D eigenvalue weighted by Gasteiger charge is -2.14. The third kappa shape index (κ3) is 3.19. The Hall–Kier alpha value is -1.64. The molecule has 0 unspecified atom stereocenters. The van der Waals surface area contributed by atoms with Crippen LogP contribution in [0.2, 0.25) is 0 Å². The molecule has 0 aliphatic rings. The highest BCUT2D eigenvalue weighted by Crippen LogP contribution is 2.45. The van der Waals surface area contributed by atoms with Crippen molar-refractivity contribution in [2.24, 2.45) is 7.05 Å². The van der Waals surface area contributed by atoms with Crippen LogP contribution in [0.1, 0.15) is 22.4 Å². The molecule has 23 heavy (non-hydrogen) atoms. The maximum absolute atomic E-state index is 13.3. The van der Waals surface area contributed by atoms with Crippen molar-refractivity contribution in [1.29, 1.82) is 0 Å². The zero-order valence-electron chi connectivity index (χ0n) is 12.3. The maximum atomic E-state index is 13.3. The van der Waals surface area contributed by atoms with E-state index >= 15 is 0 Å². The SMILES string of the molecule is Cc1cc(C)c(-c2nn(C)c(C(F)(F)F)c2C(F)(F)F)cc1S. The average Bonchev–Trinajstić information content (AvgIpc) is 2.71. The predicted molar refractivity (Wildman–Crippen MR) is 75.4 cm³/mol. The molecule has 0 atom stereocenters.